The third-order valence-corrected chi connectivity index (χ3v) is 3.17. The fourth-order valence-corrected chi connectivity index (χ4v) is 2.87. The molecule has 0 radical (unpaired) electrons. The molecular weight excluding hydrogens is 263 g/mol. The van der Waals surface area contributed by atoms with Gasteiger partial charge in [0.15, 0.2) is 0 Å². The minimum Gasteiger partial charge on any atom is -0.366 e. The number of benzene rings is 1. The number of nitrogens with zero attached hydrogens (tertiary/aromatic N) is 2. The van der Waals surface area contributed by atoms with Gasteiger partial charge in [0, 0.05) is 13.1 Å². The topological polar surface area (TPSA) is 55.6 Å². The van der Waals surface area contributed by atoms with Crippen LogP contribution in [0.3, 0.4) is 0 Å². The van der Waals surface area contributed by atoms with Crippen LogP contribution < -0.4 is 4.90 Å². The molecular formula is C14H19FN2O3. The fraction of sp³-hybridized carbons (Fsp3) is 0.571. The molecule has 0 N–H and O–H groups in total. The summed E-state index contributed by atoms with van der Waals surface area (Å²) in [5.74, 6) is -0.604. The second-order valence-electron chi connectivity index (χ2n) is 6.37. The van der Waals surface area contributed by atoms with Crippen molar-refractivity contribution in [1.29, 1.82) is 0 Å². The van der Waals surface area contributed by atoms with Crippen molar-refractivity contribution in [1.82, 2.24) is 0 Å². The van der Waals surface area contributed by atoms with Gasteiger partial charge < -0.3 is 9.64 Å². The van der Waals surface area contributed by atoms with Crippen LogP contribution in [0.1, 0.15) is 27.7 Å². The molecule has 1 fully saturated rings. The van der Waals surface area contributed by atoms with E-state index in [1.165, 1.54) is 12.1 Å². The maximum atomic E-state index is 13.2. The standard InChI is InChI=1S/C14H19FN2O3/c1-13(2)8-16(9-14(3,4)20-13)11-6-5-10(15)7-12(11)17(18)19/h5-7H,8-9H2,1-4H3. The van der Waals surface area contributed by atoms with Crippen LogP contribution in [0.4, 0.5) is 15.8 Å². The average Bonchev–Trinajstić information content (AvgIpc) is 2.24. The highest BCUT2D eigenvalue weighted by molar-refractivity contribution is 5.64. The summed E-state index contributed by atoms with van der Waals surface area (Å²) >= 11 is 0. The molecule has 1 aliphatic heterocycles. The van der Waals surface area contributed by atoms with Crippen molar-refractivity contribution in [2.75, 3.05) is 18.0 Å². The molecule has 1 aliphatic rings. The van der Waals surface area contributed by atoms with E-state index in [1.807, 2.05) is 32.6 Å². The average molecular weight is 282 g/mol. The van der Waals surface area contributed by atoms with Crippen molar-refractivity contribution in [2.24, 2.45) is 0 Å². The lowest BCUT2D eigenvalue weighted by molar-refractivity contribution is -0.384. The van der Waals surface area contributed by atoms with E-state index in [0.717, 1.165) is 6.07 Å². The number of hydrogen-bond acceptors (Lipinski definition) is 4. The van der Waals surface area contributed by atoms with Gasteiger partial charge >= 0.3 is 0 Å². The highest BCUT2D eigenvalue weighted by Crippen LogP contribution is 2.36. The van der Waals surface area contributed by atoms with Crippen LogP contribution in [-0.2, 0) is 4.74 Å². The monoisotopic (exact) mass is 282 g/mol. The molecule has 20 heavy (non-hydrogen) atoms. The number of hydrogen-bond donors (Lipinski definition) is 0. The van der Waals surface area contributed by atoms with Gasteiger partial charge in [-0.05, 0) is 39.8 Å². The number of nitro benzene ring substituents is 1. The van der Waals surface area contributed by atoms with Gasteiger partial charge in [-0.15, -0.1) is 0 Å². The fourth-order valence-electron chi connectivity index (χ4n) is 2.87. The van der Waals surface area contributed by atoms with Crippen LogP contribution >= 0.6 is 0 Å². The predicted molar refractivity (Wildman–Crippen MR) is 74.5 cm³/mol. The van der Waals surface area contributed by atoms with E-state index in [1.54, 1.807) is 0 Å². The minimum atomic E-state index is -0.604. The molecule has 0 amide bonds. The van der Waals surface area contributed by atoms with Crippen molar-refractivity contribution >= 4 is 11.4 Å². The number of ether oxygens (including phenoxy) is 1. The largest absolute Gasteiger partial charge is 0.366 e. The highest BCUT2D eigenvalue weighted by atomic mass is 19.1. The van der Waals surface area contributed by atoms with Crippen LogP contribution in [-0.4, -0.2) is 29.2 Å². The lowest BCUT2D eigenvalue weighted by Gasteiger charge is -2.47. The quantitative estimate of drug-likeness (QED) is 0.617. The third kappa shape index (κ3) is 3.07. The Morgan fingerprint density at radius 1 is 1.25 bits per heavy atom. The summed E-state index contributed by atoms with van der Waals surface area (Å²) in [6.07, 6.45) is 0. The maximum absolute atomic E-state index is 13.2. The summed E-state index contributed by atoms with van der Waals surface area (Å²) < 4.78 is 19.2. The number of nitro groups is 1. The van der Waals surface area contributed by atoms with Crippen LogP contribution in [0.2, 0.25) is 0 Å². The summed E-state index contributed by atoms with van der Waals surface area (Å²) in [6, 6.07) is 3.67. The van der Waals surface area contributed by atoms with Crippen molar-refractivity contribution in [3.05, 3.63) is 34.1 Å². The number of morpholine rings is 1. The Labute approximate surface area is 117 Å². The summed E-state index contributed by atoms with van der Waals surface area (Å²) in [5.41, 5.74) is -0.632. The molecule has 1 aromatic rings. The number of rotatable bonds is 2. The van der Waals surface area contributed by atoms with Crippen molar-refractivity contribution < 1.29 is 14.1 Å². The van der Waals surface area contributed by atoms with Crippen molar-refractivity contribution in [2.45, 2.75) is 38.9 Å². The molecule has 0 atom stereocenters. The molecule has 0 saturated carbocycles. The molecule has 0 spiro atoms. The van der Waals surface area contributed by atoms with Crippen LogP contribution in [0, 0.1) is 15.9 Å². The second kappa shape index (κ2) is 4.70. The van der Waals surface area contributed by atoms with Crippen LogP contribution in [0.15, 0.2) is 18.2 Å². The van der Waals surface area contributed by atoms with Gasteiger partial charge in [0.05, 0.1) is 22.2 Å². The van der Waals surface area contributed by atoms with E-state index in [9.17, 15) is 14.5 Å². The lowest BCUT2D eigenvalue weighted by atomic mass is 9.98. The Kier molecular flexibility index (Phi) is 3.46. The van der Waals surface area contributed by atoms with Gasteiger partial charge in [-0.2, -0.15) is 0 Å². The number of anilines is 1. The molecule has 2 rings (SSSR count). The molecule has 0 aliphatic carbocycles. The zero-order valence-electron chi connectivity index (χ0n) is 12.1. The summed E-state index contributed by atoms with van der Waals surface area (Å²) in [4.78, 5) is 12.5. The van der Waals surface area contributed by atoms with Gasteiger partial charge in [-0.25, -0.2) is 4.39 Å². The van der Waals surface area contributed by atoms with Gasteiger partial charge in [-0.1, -0.05) is 0 Å². The Bertz CT molecular complexity index is 527. The van der Waals surface area contributed by atoms with E-state index in [2.05, 4.69) is 0 Å². The molecule has 1 heterocycles. The first kappa shape index (κ1) is 14.7. The van der Waals surface area contributed by atoms with Crippen LogP contribution in [0.5, 0.6) is 0 Å². The zero-order valence-corrected chi connectivity index (χ0v) is 12.1. The Hall–Kier alpha value is -1.69. The Balaban J connectivity index is 2.43. The third-order valence-electron chi connectivity index (χ3n) is 3.17. The van der Waals surface area contributed by atoms with E-state index >= 15 is 0 Å². The zero-order chi connectivity index (χ0) is 15.1. The first-order chi connectivity index (χ1) is 9.10. The molecule has 5 nitrogen and oxygen atoms in total. The van der Waals surface area contributed by atoms with Crippen LogP contribution in [0.25, 0.3) is 0 Å². The van der Waals surface area contributed by atoms with E-state index in [-0.39, 0.29) is 5.69 Å². The van der Waals surface area contributed by atoms with Gasteiger partial charge in [-0.3, -0.25) is 10.1 Å². The van der Waals surface area contributed by atoms with Crippen molar-refractivity contribution in [3.63, 3.8) is 0 Å². The molecule has 110 valence electrons. The lowest BCUT2D eigenvalue weighted by Crippen LogP contribution is -2.57. The second-order valence-corrected chi connectivity index (χ2v) is 6.37. The maximum Gasteiger partial charge on any atom is 0.295 e. The van der Waals surface area contributed by atoms with Gasteiger partial charge in [0.1, 0.15) is 11.5 Å². The number of halogens is 1. The smallest absolute Gasteiger partial charge is 0.295 e. The minimum absolute atomic E-state index is 0.210. The Morgan fingerprint density at radius 2 is 1.80 bits per heavy atom. The van der Waals surface area contributed by atoms with E-state index in [0.29, 0.717) is 18.8 Å². The van der Waals surface area contributed by atoms with Crippen molar-refractivity contribution in [3.8, 4) is 0 Å². The van der Waals surface area contributed by atoms with E-state index in [4.69, 9.17) is 4.74 Å². The van der Waals surface area contributed by atoms with Gasteiger partial charge in [0.25, 0.3) is 5.69 Å². The molecule has 0 bridgehead atoms. The molecule has 6 heteroatoms. The summed E-state index contributed by atoms with van der Waals surface area (Å²) in [7, 11) is 0. The van der Waals surface area contributed by atoms with E-state index < -0.39 is 21.9 Å². The first-order valence-corrected chi connectivity index (χ1v) is 6.49. The highest BCUT2D eigenvalue weighted by Gasteiger charge is 2.39. The molecule has 1 aromatic carbocycles. The summed E-state index contributed by atoms with van der Waals surface area (Å²) in [5, 5.41) is 11.1. The SMILES string of the molecule is CC1(C)CN(c2ccc(F)cc2[N+](=O)[O-])CC(C)(C)O1. The molecule has 1 saturated heterocycles. The first-order valence-electron chi connectivity index (χ1n) is 6.49. The molecule has 0 aromatic heterocycles. The summed E-state index contributed by atoms with van der Waals surface area (Å²) in [6.45, 7) is 8.80. The Morgan fingerprint density at radius 3 is 2.30 bits per heavy atom. The molecule has 0 unspecified atom stereocenters. The normalized spacial score (nSPS) is 20.8. The predicted octanol–water partition coefficient (Wildman–Crippen LogP) is 3.13. The van der Waals surface area contributed by atoms with Gasteiger partial charge in [0.2, 0.25) is 0 Å².